The molecule has 0 aliphatic rings. The number of benzene rings is 1. The average molecular weight is 339 g/mol. The molecule has 0 fully saturated rings. The molecule has 0 saturated carbocycles. The van der Waals surface area contributed by atoms with Gasteiger partial charge in [0.15, 0.2) is 23.1 Å². The normalized spacial score (nSPS) is 10.8. The highest BCUT2D eigenvalue weighted by atomic mass is 19.2. The first-order valence-electron chi connectivity index (χ1n) is 6.94. The fraction of sp³-hybridized carbons (Fsp3) is 0.250. The molecule has 1 heterocycles. The summed E-state index contributed by atoms with van der Waals surface area (Å²) in [6, 6.07) is 3.35. The Morgan fingerprint density at radius 1 is 1.17 bits per heavy atom. The van der Waals surface area contributed by atoms with E-state index in [-0.39, 0.29) is 24.5 Å². The third-order valence-electron chi connectivity index (χ3n) is 3.32. The number of pyridine rings is 1. The number of carbonyl (C=O) groups is 1. The van der Waals surface area contributed by atoms with Crippen LogP contribution in [-0.4, -0.2) is 32.7 Å². The Morgan fingerprint density at radius 2 is 1.92 bits per heavy atom. The van der Waals surface area contributed by atoms with E-state index >= 15 is 0 Å². The molecule has 8 heteroatoms. The van der Waals surface area contributed by atoms with Gasteiger partial charge >= 0.3 is 0 Å². The van der Waals surface area contributed by atoms with Gasteiger partial charge in [-0.15, -0.1) is 0 Å². The number of hydrogen-bond acceptors (Lipinski definition) is 6. The number of carbonyl (C=O) groups excluding carboxylic acids is 1. The average Bonchev–Trinajstić information content (AvgIpc) is 2.57. The van der Waals surface area contributed by atoms with Gasteiger partial charge in [0, 0.05) is 17.3 Å². The van der Waals surface area contributed by atoms with Gasteiger partial charge < -0.3 is 20.1 Å². The van der Waals surface area contributed by atoms with Crippen molar-refractivity contribution >= 4 is 5.78 Å². The zero-order valence-corrected chi connectivity index (χ0v) is 12.5. The molecule has 128 valence electrons. The first kappa shape index (κ1) is 17.9. The van der Waals surface area contributed by atoms with Gasteiger partial charge in [0.2, 0.25) is 5.78 Å². The van der Waals surface area contributed by atoms with Crippen molar-refractivity contribution < 1.29 is 33.6 Å². The van der Waals surface area contributed by atoms with Crippen molar-refractivity contribution in [1.29, 1.82) is 0 Å². The molecule has 2 rings (SSSR count). The minimum Gasteiger partial charge on any atom is -0.505 e. The number of aromatic nitrogens is 1. The van der Waals surface area contributed by atoms with Gasteiger partial charge in [-0.25, -0.2) is 13.8 Å². The van der Waals surface area contributed by atoms with Crippen molar-refractivity contribution in [2.24, 2.45) is 0 Å². The molecule has 0 bridgehead atoms. The van der Waals surface area contributed by atoms with E-state index in [9.17, 15) is 23.8 Å². The van der Waals surface area contributed by atoms with Crippen LogP contribution in [0, 0.1) is 11.6 Å². The third kappa shape index (κ3) is 3.91. The molecule has 6 nitrogen and oxygen atoms in total. The van der Waals surface area contributed by atoms with Crippen LogP contribution in [-0.2, 0) is 24.6 Å². The number of hydrogen-bond donors (Lipinski definition) is 3. The maximum Gasteiger partial charge on any atom is 0.210 e. The number of Topliss-reactive ketones (excluding diaryl/α,β-unsaturated/α-hetero) is 1. The Kier molecular flexibility index (Phi) is 5.91. The summed E-state index contributed by atoms with van der Waals surface area (Å²) in [5.74, 6) is -3.25. The van der Waals surface area contributed by atoms with Crippen LogP contribution in [0.15, 0.2) is 24.4 Å². The highest BCUT2D eigenvalue weighted by Crippen LogP contribution is 2.25. The Morgan fingerprint density at radius 3 is 2.54 bits per heavy atom. The van der Waals surface area contributed by atoms with Crippen LogP contribution < -0.4 is 0 Å². The molecule has 0 unspecified atom stereocenters. The number of ketones is 1. The lowest BCUT2D eigenvalue weighted by Gasteiger charge is -2.12. The lowest BCUT2D eigenvalue weighted by molar-refractivity contribution is 0.0893. The molecule has 1 aromatic heterocycles. The topological polar surface area (TPSA) is 99.9 Å². The van der Waals surface area contributed by atoms with Crippen LogP contribution in [0.4, 0.5) is 8.78 Å². The molecular formula is C16H15F2NO5. The molecule has 3 N–H and O–H groups in total. The Balaban J connectivity index is 2.10. The zero-order valence-electron chi connectivity index (χ0n) is 12.5. The third-order valence-corrected chi connectivity index (χ3v) is 3.32. The standard InChI is InChI=1S/C16H15F2NO5/c17-12-2-1-9(3-13(12)18)7-24-8-10-4-19-15(14(22)6-21)16(23)11(10)5-20/h1-4,20-21,23H,5-8H2. The highest BCUT2D eigenvalue weighted by Gasteiger charge is 2.18. The number of rotatable bonds is 7. The maximum atomic E-state index is 13.1. The monoisotopic (exact) mass is 339 g/mol. The van der Waals surface area contributed by atoms with E-state index in [0.717, 1.165) is 12.1 Å². The van der Waals surface area contributed by atoms with E-state index in [1.54, 1.807) is 0 Å². The molecule has 0 aliphatic carbocycles. The molecule has 0 radical (unpaired) electrons. The van der Waals surface area contributed by atoms with Gasteiger partial charge in [-0.3, -0.25) is 4.79 Å². The second-order valence-electron chi connectivity index (χ2n) is 4.94. The van der Waals surface area contributed by atoms with E-state index in [1.807, 2.05) is 0 Å². The smallest absolute Gasteiger partial charge is 0.210 e. The summed E-state index contributed by atoms with van der Waals surface area (Å²) >= 11 is 0. The summed E-state index contributed by atoms with van der Waals surface area (Å²) < 4.78 is 31.3. The van der Waals surface area contributed by atoms with Crippen LogP contribution in [0.5, 0.6) is 5.75 Å². The molecule has 2 aromatic rings. The van der Waals surface area contributed by atoms with Crippen LogP contribution in [0.2, 0.25) is 0 Å². The van der Waals surface area contributed by atoms with Gasteiger partial charge in [0.05, 0.1) is 19.8 Å². The molecule has 0 spiro atoms. The van der Waals surface area contributed by atoms with Crippen molar-refractivity contribution in [3.63, 3.8) is 0 Å². The molecule has 24 heavy (non-hydrogen) atoms. The second kappa shape index (κ2) is 7.91. The van der Waals surface area contributed by atoms with Crippen LogP contribution in [0.25, 0.3) is 0 Å². The Hall–Kier alpha value is -2.42. The first-order valence-corrected chi connectivity index (χ1v) is 6.94. The first-order chi connectivity index (χ1) is 11.5. The van der Waals surface area contributed by atoms with Crippen LogP contribution in [0.3, 0.4) is 0 Å². The predicted molar refractivity (Wildman–Crippen MR) is 78.1 cm³/mol. The number of aliphatic hydroxyl groups excluding tert-OH is 2. The van der Waals surface area contributed by atoms with Crippen LogP contribution >= 0.6 is 0 Å². The zero-order chi connectivity index (χ0) is 17.7. The number of aromatic hydroxyl groups is 1. The molecular weight excluding hydrogens is 324 g/mol. The van der Waals surface area contributed by atoms with Crippen LogP contribution in [0.1, 0.15) is 27.2 Å². The highest BCUT2D eigenvalue weighted by molar-refractivity contribution is 5.97. The van der Waals surface area contributed by atoms with Gasteiger partial charge in [-0.1, -0.05) is 6.07 Å². The van der Waals surface area contributed by atoms with E-state index in [2.05, 4.69) is 4.98 Å². The minimum absolute atomic E-state index is 0.0276. The molecule has 0 amide bonds. The number of halogens is 2. The van der Waals surface area contributed by atoms with Gasteiger partial charge in [0.1, 0.15) is 6.61 Å². The van der Waals surface area contributed by atoms with Crippen molar-refractivity contribution in [1.82, 2.24) is 4.98 Å². The number of aliphatic hydroxyl groups is 2. The minimum atomic E-state index is -0.988. The Labute approximate surface area is 136 Å². The molecule has 0 saturated heterocycles. The lowest BCUT2D eigenvalue weighted by Crippen LogP contribution is -2.10. The summed E-state index contributed by atoms with van der Waals surface area (Å²) in [4.78, 5) is 15.2. The van der Waals surface area contributed by atoms with E-state index < -0.39 is 36.4 Å². The van der Waals surface area contributed by atoms with Crippen molar-refractivity contribution in [3.05, 3.63) is 58.4 Å². The number of nitrogens with zero attached hydrogens (tertiary/aromatic N) is 1. The summed E-state index contributed by atoms with van der Waals surface area (Å²) in [7, 11) is 0. The largest absolute Gasteiger partial charge is 0.505 e. The van der Waals surface area contributed by atoms with Gasteiger partial charge in [-0.2, -0.15) is 0 Å². The van der Waals surface area contributed by atoms with Gasteiger partial charge in [-0.05, 0) is 17.7 Å². The molecule has 0 aliphatic heterocycles. The summed E-state index contributed by atoms with van der Waals surface area (Å²) in [5.41, 5.74) is 0.439. The summed E-state index contributed by atoms with van der Waals surface area (Å²) in [6.07, 6.45) is 1.24. The maximum absolute atomic E-state index is 13.1. The van der Waals surface area contributed by atoms with Crippen molar-refractivity contribution in [2.45, 2.75) is 19.8 Å². The molecule has 1 aromatic carbocycles. The van der Waals surface area contributed by atoms with Crippen molar-refractivity contribution in [2.75, 3.05) is 6.61 Å². The summed E-state index contributed by atoms with van der Waals surface area (Å²) in [5, 5.41) is 28.1. The summed E-state index contributed by atoms with van der Waals surface area (Å²) in [6.45, 7) is -1.50. The lowest BCUT2D eigenvalue weighted by atomic mass is 10.1. The van der Waals surface area contributed by atoms with E-state index in [0.29, 0.717) is 11.1 Å². The Bertz CT molecular complexity index is 751. The second-order valence-corrected chi connectivity index (χ2v) is 4.94. The van der Waals surface area contributed by atoms with E-state index in [4.69, 9.17) is 9.84 Å². The predicted octanol–water partition coefficient (Wildman–Crippen LogP) is 1.45. The SMILES string of the molecule is O=C(CO)c1ncc(COCc2ccc(F)c(F)c2)c(CO)c1O. The van der Waals surface area contributed by atoms with Crippen molar-refractivity contribution in [3.8, 4) is 5.75 Å². The number of ether oxygens (including phenoxy) is 1. The molecule has 0 atom stereocenters. The quantitative estimate of drug-likeness (QED) is 0.660. The fourth-order valence-corrected chi connectivity index (χ4v) is 2.06. The van der Waals surface area contributed by atoms with E-state index in [1.165, 1.54) is 12.3 Å². The fourth-order valence-electron chi connectivity index (χ4n) is 2.06. The van der Waals surface area contributed by atoms with Gasteiger partial charge in [0.25, 0.3) is 0 Å².